The Balaban J connectivity index is 3.05. The number of halogens is 1. The lowest BCUT2D eigenvalue weighted by molar-refractivity contribution is 0.411. The third kappa shape index (κ3) is 2.15. The van der Waals surface area contributed by atoms with E-state index >= 15 is 0 Å². The number of allylic oxidation sites excluding steroid dienone is 3. The Kier molecular flexibility index (Phi) is 2.52. The molecule has 0 atom stereocenters. The molecule has 0 aliphatic carbocycles. The van der Waals surface area contributed by atoms with E-state index in [1.54, 1.807) is 0 Å². The smallest absolute Gasteiger partial charge is 0.124 e. The third-order valence-electron chi connectivity index (χ3n) is 1.55. The molecule has 2 heteroatoms. The van der Waals surface area contributed by atoms with Crippen molar-refractivity contribution in [3.05, 3.63) is 21.5 Å². The van der Waals surface area contributed by atoms with Crippen LogP contribution in [0.1, 0.15) is 20.8 Å². The van der Waals surface area contributed by atoms with E-state index in [2.05, 4.69) is 30.9 Å². The molecular weight excluding hydrogens is 251 g/mol. The number of aliphatic hydroxyl groups excluding tert-OH is 1. The molecular formula is C9H13IO. The normalized spacial score (nSPS) is 18.5. The monoisotopic (exact) mass is 264 g/mol. The lowest BCUT2D eigenvalue weighted by Gasteiger charge is -2.21. The zero-order chi connectivity index (χ0) is 8.48. The number of hydrogen-bond acceptors (Lipinski definition) is 1. The Morgan fingerprint density at radius 2 is 2.00 bits per heavy atom. The van der Waals surface area contributed by atoms with Crippen molar-refractivity contribution in [2.24, 2.45) is 5.41 Å². The quantitative estimate of drug-likeness (QED) is 0.666. The van der Waals surface area contributed by atoms with Crippen molar-refractivity contribution in [3.63, 3.8) is 0 Å². The van der Waals surface area contributed by atoms with Crippen molar-refractivity contribution in [3.8, 4) is 0 Å². The van der Waals surface area contributed by atoms with Crippen LogP contribution in [0.15, 0.2) is 21.5 Å². The van der Waals surface area contributed by atoms with Crippen molar-refractivity contribution in [2.75, 3.05) is 0 Å². The first-order valence-corrected chi connectivity index (χ1v) is 6.06. The molecule has 1 aliphatic rings. The van der Waals surface area contributed by atoms with Gasteiger partial charge >= 0.3 is 0 Å². The summed E-state index contributed by atoms with van der Waals surface area (Å²) in [5.41, 5.74) is 1.13. The summed E-state index contributed by atoms with van der Waals surface area (Å²) >= 11 is -0.0145. The van der Waals surface area contributed by atoms with Crippen molar-refractivity contribution in [1.29, 1.82) is 0 Å². The van der Waals surface area contributed by atoms with E-state index in [4.69, 9.17) is 0 Å². The summed E-state index contributed by atoms with van der Waals surface area (Å²) < 4.78 is 4.14. The van der Waals surface area contributed by atoms with E-state index in [0.717, 1.165) is 5.57 Å². The van der Waals surface area contributed by atoms with Crippen LogP contribution in [0.25, 0.3) is 0 Å². The van der Waals surface area contributed by atoms with E-state index in [0.29, 0.717) is 5.76 Å². The van der Waals surface area contributed by atoms with Crippen LogP contribution in [0, 0.1) is 5.41 Å². The molecule has 1 aliphatic heterocycles. The molecule has 0 saturated carbocycles. The molecule has 1 nitrogen and oxygen atoms in total. The second-order valence-electron chi connectivity index (χ2n) is 3.58. The number of aliphatic hydroxyl groups is 1. The summed E-state index contributed by atoms with van der Waals surface area (Å²) in [7, 11) is 0. The van der Waals surface area contributed by atoms with Gasteiger partial charge in [0.15, 0.2) is 0 Å². The molecule has 0 spiro atoms. The number of rotatable bonds is 0. The van der Waals surface area contributed by atoms with Gasteiger partial charge in [0.2, 0.25) is 0 Å². The first-order valence-electron chi connectivity index (χ1n) is 3.57. The van der Waals surface area contributed by atoms with Crippen LogP contribution in [-0.2, 0) is 0 Å². The fraction of sp³-hybridized carbons (Fsp3) is 0.444. The summed E-state index contributed by atoms with van der Waals surface area (Å²) in [4.78, 5) is 0. The molecule has 62 valence electrons. The summed E-state index contributed by atoms with van der Waals surface area (Å²) in [5, 5.41) is 9.50. The first kappa shape index (κ1) is 8.97. The van der Waals surface area contributed by atoms with Gasteiger partial charge in [-0.25, -0.2) is 0 Å². The Bertz CT molecular complexity index is 241. The second kappa shape index (κ2) is 3.09. The van der Waals surface area contributed by atoms with Crippen molar-refractivity contribution < 1.29 is 5.11 Å². The van der Waals surface area contributed by atoms with E-state index < -0.39 is 0 Å². The van der Waals surface area contributed by atoms with Crippen LogP contribution < -0.4 is 0 Å². The molecule has 0 radical (unpaired) electrons. The molecule has 0 fully saturated rings. The molecule has 0 aromatic heterocycles. The summed E-state index contributed by atoms with van der Waals surface area (Å²) in [6.45, 7) is 6.33. The second-order valence-corrected chi connectivity index (χ2v) is 5.64. The minimum absolute atomic E-state index is 0.0145. The van der Waals surface area contributed by atoms with Crippen molar-refractivity contribution in [1.82, 2.24) is 0 Å². The van der Waals surface area contributed by atoms with Crippen molar-refractivity contribution >= 4 is 24.7 Å². The average molecular weight is 264 g/mol. The van der Waals surface area contributed by atoms with E-state index in [-0.39, 0.29) is 26.1 Å². The molecule has 0 saturated heterocycles. The molecule has 11 heavy (non-hydrogen) atoms. The summed E-state index contributed by atoms with van der Waals surface area (Å²) in [6.07, 6.45) is 2.06. The summed E-state index contributed by atoms with van der Waals surface area (Å²) in [5.74, 6) is 0.493. The van der Waals surface area contributed by atoms with Crippen LogP contribution in [0.5, 0.6) is 0 Å². The maximum atomic E-state index is 9.50. The van der Waals surface area contributed by atoms with Gasteiger partial charge in [-0.2, -0.15) is 0 Å². The molecule has 0 unspecified atom stereocenters. The highest BCUT2D eigenvalue weighted by Gasteiger charge is 2.18. The fourth-order valence-electron chi connectivity index (χ4n) is 0.974. The van der Waals surface area contributed by atoms with Gasteiger partial charge in [0.1, 0.15) is 5.76 Å². The van der Waals surface area contributed by atoms with Crippen LogP contribution in [0.3, 0.4) is 0 Å². The topological polar surface area (TPSA) is 20.2 Å². The van der Waals surface area contributed by atoms with E-state index in [9.17, 15) is 5.11 Å². The number of hydrogen-bond donors (Lipinski definition) is 1. The highest BCUT2D eigenvalue weighted by Crippen LogP contribution is 2.31. The lowest BCUT2D eigenvalue weighted by atomic mass is 9.86. The van der Waals surface area contributed by atoms with Crippen LogP contribution in [0.2, 0.25) is 0 Å². The Morgan fingerprint density at radius 3 is 2.36 bits per heavy atom. The maximum absolute atomic E-state index is 9.50. The van der Waals surface area contributed by atoms with Gasteiger partial charge in [0.25, 0.3) is 0 Å². The minimum Gasteiger partial charge on any atom is -0.507 e. The van der Waals surface area contributed by atoms with Gasteiger partial charge in [-0.1, -0.05) is 41.5 Å². The van der Waals surface area contributed by atoms with Crippen LogP contribution in [-0.4, -0.2) is 9.12 Å². The molecule has 0 aromatic rings. The van der Waals surface area contributed by atoms with E-state index in [1.807, 2.05) is 4.01 Å². The predicted octanol–water partition coefficient (Wildman–Crippen LogP) is 3.14. The van der Waals surface area contributed by atoms with Gasteiger partial charge in [0, 0.05) is 9.58 Å². The van der Waals surface area contributed by atoms with Gasteiger partial charge in [-0.3, -0.25) is 0 Å². The largest absolute Gasteiger partial charge is 0.507 e. The molecule has 1 heterocycles. The Hall–Kier alpha value is -0.120. The van der Waals surface area contributed by atoms with Crippen LogP contribution >= 0.6 is 20.7 Å². The predicted molar refractivity (Wildman–Crippen MR) is 58.3 cm³/mol. The van der Waals surface area contributed by atoms with Gasteiger partial charge in [-0.05, 0) is 15.6 Å². The fourth-order valence-corrected chi connectivity index (χ4v) is 2.42. The average Bonchev–Trinajstić information content (AvgIpc) is 1.86. The molecule has 0 aromatic carbocycles. The first-order chi connectivity index (χ1) is 5.02. The zero-order valence-corrected chi connectivity index (χ0v) is 9.21. The van der Waals surface area contributed by atoms with Crippen molar-refractivity contribution in [2.45, 2.75) is 20.8 Å². The molecule has 1 rings (SSSR count). The van der Waals surface area contributed by atoms with E-state index in [1.165, 1.54) is 0 Å². The standard InChI is InChI=1S/C9H13IO/c1-9(2,3)7-4-5-10-6-8(7)11/h4-6,11H,1-3H3. The highest BCUT2D eigenvalue weighted by molar-refractivity contribution is 14.2. The molecule has 1 N–H and O–H groups in total. The lowest BCUT2D eigenvalue weighted by Crippen LogP contribution is -2.11. The SMILES string of the molecule is CC(C)(C)C1=C(O)C=IC=C1. The Labute approximate surface area is 77.6 Å². The highest BCUT2D eigenvalue weighted by atomic mass is 127. The van der Waals surface area contributed by atoms with Crippen LogP contribution in [0.4, 0.5) is 0 Å². The van der Waals surface area contributed by atoms with Gasteiger partial charge in [-0.15, -0.1) is 0 Å². The third-order valence-corrected chi connectivity index (χ3v) is 3.28. The zero-order valence-electron chi connectivity index (χ0n) is 7.06. The van der Waals surface area contributed by atoms with Gasteiger partial charge < -0.3 is 5.11 Å². The molecule has 0 amide bonds. The van der Waals surface area contributed by atoms with Gasteiger partial charge in [0.05, 0.1) is 0 Å². The minimum atomic E-state index is -0.0145. The summed E-state index contributed by atoms with van der Waals surface area (Å²) in [6, 6.07) is 0. The maximum Gasteiger partial charge on any atom is 0.124 e. The molecule has 0 bridgehead atoms. The Morgan fingerprint density at radius 1 is 1.36 bits per heavy atom.